The summed E-state index contributed by atoms with van der Waals surface area (Å²) in [6, 6.07) is 6.13. The highest BCUT2D eigenvalue weighted by Crippen LogP contribution is 2.39. The first-order valence-electron chi connectivity index (χ1n) is 6.26. The van der Waals surface area contributed by atoms with Gasteiger partial charge in [0, 0.05) is 11.3 Å². The normalized spacial score (nSPS) is 22.0. The second-order valence-electron chi connectivity index (χ2n) is 4.58. The first-order valence-corrected chi connectivity index (χ1v) is 7.14. The van der Waals surface area contributed by atoms with E-state index in [-0.39, 0.29) is 6.04 Å². The molecule has 2 atom stereocenters. The Morgan fingerprint density at radius 2 is 2.37 bits per heavy atom. The van der Waals surface area contributed by atoms with Crippen molar-refractivity contribution >= 4 is 11.8 Å². The standard InChI is InChI=1S/C14H16N2O2S/c1-17-10-3-4-11-9(8-10)2-5-12(13(11)15)19-14-16-6-7-18-14/h3-4,6-8,12-13H,2,5,15H2,1H3. The smallest absolute Gasteiger partial charge is 0.255 e. The molecule has 2 unspecified atom stereocenters. The number of hydrogen-bond acceptors (Lipinski definition) is 5. The third-order valence-electron chi connectivity index (χ3n) is 3.47. The van der Waals surface area contributed by atoms with Gasteiger partial charge in [0.15, 0.2) is 0 Å². The van der Waals surface area contributed by atoms with Crippen molar-refractivity contribution in [3.05, 3.63) is 41.8 Å². The van der Waals surface area contributed by atoms with Gasteiger partial charge in [0.1, 0.15) is 12.0 Å². The number of thioether (sulfide) groups is 1. The average Bonchev–Trinajstić information content (AvgIpc) is 2.94. The number of aromatic nitrogens is 1. The van der Waals surface area contributed by atoms with Gasteiger partial charge in [0.05, 0.1) is 13.3 Å². The third-order valence-corrected chi connectivity index (χ3v) is 4.70. The van der Waals surface area contributed by atoms with Crippen molar-refractivity contribution in [1.82, 2.24) is 4.98 Å². The Hall–Kier alpha value is -1.46. The van der Waals surface area contributed by atoms with Gasteiger partial charge in [-0.3, -0.25) is 0 Å². The minimum atomic E-state index is 0.00607. The molecule has 2 N–H and O–H groups in total. The van der Waals surface area contributed by atoms with Crippen LogP contribution in [0.5, 0.6) is 5.75 Å². The quantitative estimate of drug-likeness (QED) is 0.934. The topological polar surface area (TPSA) is 61.3 Å². The Kier molecular flexibility index (Phi) is 3.48. The zero-order valence-electron chi connectivity index (χ0n) is 10.7. The van der Waals surface area contributed by atoms with E-state index in [1.165, 1.54) is 11.1 Å². The Labute approximate surface area is 116 Å². The Bertz CT molecular complexity index is 557. The molecule has 0 radical (unpaired) electrons. The molecule has 1 aromatic heterocycles. The van der Waals surface area contributed by atoms with Crippen molar-refractivity contribution in [1.29, 1.82) is 0 Å². The lowest BCUT2D eigenvalue weighted by Gasteiger charge is -2.29. The van der Waals surface area contributed by atoms with Gasteiger partial charge in [-0.25, -0.2) is 4.98 Å². The van der Waals surface area contributed by atoms with Crippen molar-refractivity contribution in [2.75, 3.05) is 7.11 Å². The highest BCUT2D eigenvalue weighted by molar-refractivity contribution is 7.99. The Morgan fingerprint density at radius 1 is 1.47 bits per heavy atom. The van der Waals surface area contributed by atoms with E-state index in [9.17, 15) is 0 Å². The summed E-state index contributed by atoms with van der Waals surface area (Å²) in [6.45, 7) is 0. The molecule has 0 aliphatic heterocycles. The zero-order valence-corrected chi connectivity index (χ0v) is 11.5. The fourth-order valence-electron chi connectivity index (χ4n) is 2.46. The molecule has 2 aromatic rings. The molecule has 100 valence electrons. The highest BCUT2D eigenvalue weighted by Gasteiger charge is 2.28. The molecule has 0 amide bonds. The molecule has 19 heavy (non-hydrogen) atoms. The van der Waals surface area contributed by atoms with Crippen molar-refractivity contribution in [2.45, 2.75) is 29.4 Å². The van der Waals surface area contributed by atoms with E-state index in [1.807, 2.05) is 6.07 Å². The number of fused-ring (bicyclic) bond motifs is 1. The van der Waals surface area contributed by atoms with Gasteiger partial charge in [-0.1, -0.05) is 17.8 Å². The van der Waals surface area contributed by atoms with Crippen LogP contribution in [0.2, 0.25) is 0 Å². The minimum Gasteiger partial charge on any atom is -0.497 e. The van der Waals surface area contributed by atoms with Gasteiger partial charge in [-0.05, 0) is 36.1 Å². The van der Waals surface area contributed by atoms with Crippen LogP contribution in [0.4, 0.5) is 0 Å². The molecule has 1 heterocycles. The summed E-state index contributed by atoms with van der Waals surface area (Å²) in [7, 11) is 1.69. The minimum absolute atomic E-state index is 0.00607. The van der Waals surface area contributed by atoms with Crippen LogP contribution in [-0.4, -0.2) is 17.3 Å². The van der Waals surface area contributed by atoms with Gasteiger partial charge in [0.2, 0.25) is 0 Å². The fraction of sp³-hybridized carbons (Fsp3) is 0.357. The van der Waals surface area contributed by atoms with Crippen LogP contribution >= 0.6 is 11.8 Å². The maximum atomic E-state index is 6.37. The first kappa shape index (κ1) is 12.6. The van der Waals surface area contributed by atoms with Gasteiger partial charge in [-0.2, -0.15) is 0 Å². The summed E-state index contributed by atoms with van der Waals surface area (Å²) >= 11 is 1.62. The second-order valence-corrected chi connectivity index (χ2v) is 5.77. The maximum absolute atomic E-state index is 6.37. The molecule has 5 heteroatoms. The fourth-order valence-corrected chi connectivity index (χ4v) is 3.48. The van der Waals surface area contributed by atoms with E-state index >= 15 is 0 Å². The number of aryl methyl sites for hydroxylation is 1. The molecule has 0 saturated heterocycles. The third kappa shape index (κ3) is 2.48. The number of rotatable bonds is 3. The molecule has 1 aliphatic rings. The van der Waals surface area contributed by atoms with Crippen LogP contribution in [0.15, 0.2) is 40.3 Å². The van der Waals surface area contributed by atoms with Gasteiger partial charge < -0.3 is 14.9 Å². The molecular weight excluding hydrogens is 260 g/mol. The van der Waals surface area contributed by atoms with Crippen LogP contribution in [0, 0.1) is 0 Å². The number of nitrogens with zero attached hydrogens (tertiary/aromatic N) is 1. The molecule has 0 fully saturated rings. The molecular formula is C14H16N2O2S. The van der Waals surface area contributed by atoms with E-state index in [0.29, 0.717) is 10.5 Å². The van der Waals surface area contributed by atoms with E-state index in [2.05, 4.69) is 17.1 Å². The van der Waals surface area contributed by atoms with Crippen molar-refractivity contribution in [2.24, 2.45) is 5.73 Å². The lowest BCUT2D eigenvalue weighted by atomic mass is 9.87. The molecule has 0 saturated carbocycles. The first-order chi connectivity index (χ1) is 9.28. The van der Waals surface area contributed by atoms with E-state index in [4.69, 9.17) is 14.9 Å². The van der Waals surface area contributed by atoms with E-state index in [1.54, 1.807) is 31.3 Å². The predicted octanol–water partition coefficient (Wildman–Crippen LogP) is 2.79. The number of benzene rings is 1. The molecule has 1 aliphatic carbocycles. The molecule has 4 nitrogen and oxygen atoms in total. The lowest BCUT2D eigenvalue weighted by molar-refractivity contribution is 0.413. The summed E-state index contributed by atoms with van der Waals surface area (Å²) in [4.78, 5) is 4.15. The van der Waals surface area contributed by atoms with Crippen molar-refractivity contribution < 1.29 is 9.15 Å². The SMILES string of the molecule is COc1ccc2c(c1)CCC(Sc1ncco1)C2N. The second kappa shape index (κ2) is 5.27. The highest BCUT2D eigenvalue weighted by atomic mass is 32.2. The summed E-state index contributed by atoms with van der Waals surface area (Å²) in [6.07, 6.45) is 5.29. The van der Waals surface area contributed by atoms with Crippen molar-refractivity contribution in [3.63, 3.8) is 0 Å². The predicted molar refractivity (Wildman–Crippen MR) is 74.4 cm³/mol. The van der Waals surface area contributed by atoms with Gasteiger partial charge in [0.25, 0.3) is 5.22 Å². The average molecular weight is 276 g/mol. The van der Waals surface area contributed by atoms with Crippen LogP contribution in [-0.2, 0) is 6.42 Å². The molecule has 0 spiro atoms. The zero-order chi connectivity index (χ0) is 13.2. The maximum Gasteiger partial charge on any atom is 0.255 e. The number of nitrogens with two attached hydrogens (primary N) is 1. The number of oxazole rings is 1. The van der Waals surface area contributed by atoms with Crippen LogP contribution < -0.4 is 10.5 Å². The van der Waals surface area contributed by atoms with Gasteiger partial charge >= 0.3 is 0 Å². The summed E-state index contributed by atoms with van der Waals surface area (Å²) in [5.41, 5.74) is 8.86. The van der Waals surface area contributed by atoms with E-state index in [0.717, 1.165) is 18.6 Å². The van der Waals surface area contributed by atoms with E-state index < -0.39 is 0 Å². The molecule has 1 aromatic carbocycles. The van der Waals surface area contributed by atoms with Crippen LogP contribution in [0.3, 0.4) is 0 Å². The molecule has 0 bridgehead atoms. The van der Waals surface area contributed by atoms with Crippen LogP contribution in [0.1, 0.15) is 23.6 Å². The number of methoxy groups -OCH3 is 1. The largest absolute Gasteiger partial charge is 0.497 e. The number of hydrogen-bond donors (Lipinski definition) is 1. The summed E-state index contributed by atoms with van der Waals surface area (Å²) in [5, 5.41) is 0.997. The summed E-state index contributed by atoms with van der Waals surface area (Å²) < 4.78 is 10.5. The van der Waals surface area contributed by atoms with Crippen molar-refractivity contribution in [3.8, 4) is 5.75 Å². The van der Waals surface area contributed by atoms with Gasteiger partial charge in [-0.15, -0.1) is 0 Å². The Balaban J connectivity index is 1.81. The monoisotopic (exact) mass is 276 g/mol. The van der Waals surface area contributed by atoms with Crippen LogP contribution in [0.25, 0.3) is 0 Å². The lowest BCUT2D eigenvalue weighted by Crippen LogP contribution is -2.29. The molecule has 3 rings (SSSR count). The Morgan fingerprint density at radius 3 is 3.11 bits per heavy atom. The summed E-state index contributed by atoms with van der Waals surface area (Å²) in [5.74, 6) is 0.893. The number of ether oxygens (including phenoxy) is 1.